The number of ether oxygens (including phenoxy) is 1. The number of carbonyl (C=O) groups excluding carboxylic acids is 1. The Morgan fingerprint density at radius 1 is 1.37 bits per heavy atom. The van der Waals surface area contributed by atoms with Crippen molar-refractivity contribution >= 4 is 11.8 Å². The second-order valence-electron chi connectivity index (χ2n) is 8.83. The van der Waals surface area contributed by atoms with Crippen LogP contribution < -0.4 is 0 Å². The number of hydrogen-bond donors (Lipinski definition) is 0. The Morgan fingerprint density at radius 3 is 2.56 bits per heavy atom. The maximum absolute atomic E-state index is 13.2. The van der Waals surface area contributed by atoms with Crippen molar-refractivity contribution in [3.63, 3.8) is 0 Å². The molecule has 0 bridgehead atoms. The predicted octanol–water partition coefficient (Wildman–Crippen LogP) is 5.74. The highest BCUT2D eigenvalue weighted by Crippen LogP contribution is 2.36. The molecule has 2 rings (SSSR count). The SMILES string of the molecule is C=C(C=C1C(=NC)C(C)(C)CN1C(=O)OC(C)(C)C)CC1=CC=C(F)CC1. The van der Waals surface area contributed by atoms with Gasteiger partial charge in [0.05, 0.1) is 11.4 Å². The summed E-state index contributed by atoms with van der Waals surface area (Å²) in [5, 5.41) is 0. The van der Waals surface area contributed by atoms with E-state index >= 15 is 0 Å². The molecule has 1 heterocycles. The molecule has 1 amide bonds. The maximum atomic E-state index is 13.2. The lowest BCUT2D eigenvalue weighted by Crippen LogP contribution is -2.35. The van der Waals surface area contributed by atoms with E-state index in [1.165, 1.54) is 6.08 Å². The van der Waals surface area contributed by atoms with Gasteiger partial charge in [-0.25, -0.2) is 9.18 Å². The summed E-state index contributed by atoms with van der Waals surface area (Å²) in [6.07, 6.45) is 6.65. The molecule has 4 nitrogen and oxygen atoms in total. The van der Waals surface area contributed by atoms with Crippen LogP contribution in [0.5, 0.6) is 0 Å². The minimum absolute atomic E-state index is 0.0863. The summed E-state index contributed by atoms with van der Waals surface area (Å²) < 4.78 is 18.8. The molecular formula is C22H31FN2O2. The zero-order valence-corrected chi connectivity index (χ0v) is 17.4. The Kier molecular flexibility index (Phi) is 6.13. The minimum Gasteiger partial charge on any atom is -0.443 e. The smallest absolute Gasteiger partial charge is 0.414 e. The molecule has 1 aliphatic carbocycles. The topological polar surface area (TPSA) is 41.9 Å². The van der Waals surface area contributed by atoms with Crippen LogP contribution in [0, 0.1) is 5.41 Å². The second-order valence-corrected chi connectivity index (χ2v) is 8.83. The number of likely N-dealkylation sites (tertiary alicyclic amines) is 1. The Hall–Kier alpha value is -2.17. The highest BCUT2D eigenvalue weighted by Gasteiger charge is 2.43. The van der Waals surface area contributed by atoms with Crippen molar-refractivity contribution in [1.82, 2.24) is 4.90 Å². The number of amides is 1. The molecule has 27 heavy (non-hydrogen) atoms. The van der Waals surface area contributed by atoms with Crippen LogP contribution in [-0.4, -0.2) is 35.9 Å². The molecule has 0 atom stereocenters. The summed E-state index contributed by atoms with van der Waals surface area (Å²) in [4.78, 5) is 18.8. The molecule has 148 valence electrons. The van der Waals surface area contributed by atoms with Gasteiger partial charge in [0.15, 0.2) is 0 Å². The second kappa shape index (κ2) is 7.83. The Morgan fingerprint density at radius 2 is 2.04 bits per heavy atom. The van der Waals surface area contributed by atoms with E-state index in [-0.39, 0.29) is 17.3 Å². The molecule has 0 aromatic carbocycles. The summed E-state index contributed by atoms with van der Waals surface area (Å²) in [6.45, 7) is 14.3. The normalized spacial score (nSPS) is 22.7. The van der Waals surface area contributed by atoms with Crippen molar-refractivity contribution in [3.05, 3.63) is 47.5 Å². The van der Waals surface area contributed by atoms with Crippen LogP contribution in [0.25, 0.3) is 0 Å². The van der Waals surface area contributed by atoms with Gasteiger partial charge in [-0.1, -0.05) is 32.1 Å². The van der Waals surface area contributed by atoms with E-state index < -0.39 is 5.60 Å². The number of hydrogen-bond acceptors (Lipinski definition) is 3. The average molecular weight is 375 g/mol. The van der Waals surface area contributed by atoms with Crippen LogP contribution in [-0.2, 0) is 4.74 Å². The van der Waals surface area contributed by atoms with Gasteiger partial charge < -0.3 is 4.74 Å². The molecule has 1 saturated heterocycles. The number of nitrogens with zero attached hydrogens (tertiary/aromatic N) is 2. The van der Waals surface area contributed by atoms with Crippen LogP contribution in [0.4, 0.5) is 9.18 Å². The summed E-state index contributed by atoms with van der Waals surface area (Å²) in [6, 6.07) is 0. The lowest BCUT2D eigenvalue weighted by Gasteiger charge is -2.25. The van der Waals surface area contributed by atoms with Gasteiger partial charge in [0, 0.05) is 25.4 Å². The number of rotatable bonds is 3. The van der Waals surface area contributed by atoms with E-state index in [2.05, 4.69) is 25.4 Å². The van der Waals surface area contributed by atoms with Crippen molar-refractivity contribution in [2.45, 2.75) is 59.5 Å². The fourth-order valence-electron chi connectivity index (χ4n) is 3.41. The molecule has 1 aliphatic heterocycles. The molecule has 0 unspecified atom stereocenters. The summed E-state index contributed by atoms with van der Waals surface area (Å²) in [7, 11) is 1.74. The van der Waals surface area contributed by atoms with Gasteiger partial charge in [-0.3, -0.25) is 9.89 Å². The van der Waals surface area contributed by atoms with E-state index in [0.29, 0.717) is 25.8 Å². The molecule has 0 aromatic rings. The van der Waals surface area contributed by atoms with Gasteiger partial charge in [0.25, 0.3) is 0 Å². The third-order valence-corrected chi connectivity index (χ3v) is 4.55. The van der Waals surface area contributed by atoms with Gasteiger partial charge in [0.2, 0.25) is 0 Å². The van der Waals surface area contributed by atoms with Crippen molar-refractivity contribution in [1.29, 1.82) is 0 Å². The molecule has 2 aliphatic rings. The Balaban J connectivity index is 2.28. The van der Waals surface area contributed by atoms with Crippen LogP contribution in [0.1, 0.15) is 53.9 Å². The maximum Gasteiger partial charge on any atom is 0.414 e. The fraction of sp³-hybridized carbons (Fsp3) is 0.545. The molecule has 0 radical (unpaired) electrons. The van der Waals surface area contributed by atoms with Gasteiger partial charge in [0.1, 0.15) is 11.4 Å². The number of allylic oxidation sites excluding steroid dienone is 7. The van der Waals surface area contributed by atoms with Gasteiger partial charge in [-0.15, -0.1) is 0 Å². The lowest BCUT2D eigenvalue weighted by molar-refractivity contribution is 0.0319. The minimum atomic E-state index is -0.571. The first kappa shape index (κ1) is 21.1. The standard InChI is InChI=1S/C22H31FN2O2/c1-15(12-16-8-10-17(23)11-9-16)13-18-19(24-7)22(5,6)14-25(18)20(26)27-21(2,3)4/h8,10,13H,1,9,11-12,14H2,2-7H3. The fourth-order valence-corrected chi connectivity index (χ4v) is 3.41. The van der Waals surface area contributed by atoms with Crippen molar-refractivity contribution in [3.8, 4) is 0 Å². The Labute approximate surface area is 162 Å². The third-order valence-electron chi connectivity index (χ3n) is 4.55. The molecule has 1 fully saturated rings. The van der Waals surface area contributed by atoms with Gasteiger partial charge in [-0.05, 0) is 51.3 Å². The van der Waals surface area contributed by atoms with E-state index in [0.717, 1.165) is 22.6 Å². The quantitative estimate of drug-likeness (QED) is 0.632. The van der Waals surface area contributed by atoms with Crippen LogP contribution in [0.3, 0.4) is 0 Å². The van der Waals surface area contributed by atoms with E-state index in [1.54, 1.807) is 11.9 Å². The molecule has 0 spiro atoms. The summed E-state index contributed by atoms with van der Waals surface area (Å²) in [5.41, 5.74) is 2.75. The zero-order chi connectivity index (χ0) is 20.4. The highest BCUT2D eigenvalue weighted by molar-refractivity contribution is 6.08. The van der Waals surface area contributed by atoms with Gasteiger partial charge >= 0.3 is 6.09 Å². The van der Waals surface area contributed by atoms with Crippen LogP contribution in [0.15, 0.2) is 52.5 Å². The lowest BCUT2D eigenvalue weighted by atomic mass is 9.89. The largest absolute Gasteiger partial charge is 0.443 e. The van der Waals surface area contributed by atoms with E-state index in [1.807, 2.05) is 32.9 Å². The molecule has 0 aromatic heterocycles. The van der Waals surface area contributed by atoms with Crippen molar-refractivity contribution in [2.75, 3.05) is 13.6 Å². The van der Waals surface area contributed by atoms with Crippen LogP contribution >= 0.6 is 0 Å². The van der Waals surface area contributed by atoms with E-state index in [4.69, 9.17) is 4.74 Å². The van der Waals surface area contributed by atoms with E-state index in [9.17, 15) is 9.18 Å². The summed E-state index contributed by atoms with van der Waals surface area (Å²) >= 11 is 0. The molecular weight excluding hydrogens is 343 g/mol. The van der Waals surface area contributed by atoms with Crippen LogP contribution in [0.2, 0.25) is 0 Å². The highest BCUT2D eigenvalue weighted by atomic mass is 19.1. The molecule has 5 heteroatoms. The number of carbonyl (C=O) groups is 1. The number of aliphatic imine (C=N–C) groups is 1. The monoisotopic (exact) mass is 374 g/mol. The summed E-state index contributed by atoms with van der Waals surface area (Å²) in [5.74, 6) is -0.0863. The first-order valence-electron chi connectivity index (χ1n) is 9.34. The Bertz CT molecular complexity index is 749. The average Bonchev–Trinajstić information content (AvgIpc) is 2.78. The van der Waals surface area contributed by atoms with Crippen molar-refractivity contribution < 1.29 is 13.9 Å². The zero-order valence-electron chi connectivity index (χ0n) is 17.4. The third kappa shape index (κ3) is 5.41. The van der Waals surface area contributed by atoms with Gasteiger partial charge in [-0.2, -0.15) is 0 Å². The number of halogens is 1. The molecule has 0 saturated carbocycles. The van der Waals surface area contributed by atoms with Crippen molar-refractivity contribution in [2.24, 2.45) is 10.4 Å². The molecule has 0 N–H and O–H groups in total. The first-order valence-corrected chi connectivity index (χ1v) is 9.34. The first-order chi connectivity index (χ1) is 12.4. The predicted molar refractivity (Wildman–Crippen MR) is 108 cm³/mol.